The van der Waals surface area contributed by atoms with Gasteiger partial charge in [0.2, 0.25) is 5.91 Å². The van der Waals surface area contributed by atoms with Gasteiger partial charge < -0.3 is 15.1 Å². The number of para-hydroxylation sites is 1. The molecule has 188 valence electrons. The molecule has 2 aromatic carbocycles. The third-order valence-corrected chi connectivity index (χ3v) is 8.28. The summed E-state index contributed by atoms with van der Waals surface area (Å²) in [6.07, 6.45) is 0. The maximum atomic E-state index is 12.9. The number of hydrogen-bond donors (Lipinski definition) is 3. The number of anilines is 1. The van der Waals surface area contributed by atoms with Crippen molar-refractivity contribution in [2.75, 3.05) is 36.8 Å². The lowest BCUT2D eigenvalue weighted by atomic mass is 10.0. The zero-order chi connectivity index (χ0) is 25.2. The second kappa shape index (κ2) is 10.3. The Morgan fingerprint density at radius 3 is 2.49 bits per heavy atom. The highest BCUT2D eigenvalue weighted by Gasteiger charge is 2.38. The Morgan fingerprint density at radius 1 is 1.09 bits per heavy atom. The zero-order valence-electron chi connectivity index (χ0n) is 20.0. The monoisotopic (exact) mass is 500 g/mol. The van der Waals surface area contributed by atoms with Crippen LogP contribution in [0.15, 0.2) is 53.4 Å². The quantitative estimate of drug-likeness (QED) is 0.391. The van der Waals surface area contributed by atoms with E-state index in [1.54, 1.807) is 29.7 Å². The molecule has 4 rings (SSSR count). The molecule has 0 unspecified atom stereocenters. The third-order valence-electron chi connectivity index (χ3n) is 6.54. The Bertz CT molecular complexity index is 1180. The molecule has 3 N–H and O–H groups in total. The van der Waals surface area contributed by atoms with Gasteiger partial charge in [-0.25, -0.2) is 13.9 Å². The lowest BCUT2D eigenvalue weighted by Gasteiger charge is -2.31. The fourth-order valence-electron chi connectivity index (χ4n) is 4.89. The minimum absolute atomic E-state index is 0.0717. The maximum Gasteiger partial charge on any atom is 0.251 e. The van der Waals surface area contributed by atoms with Crippen molar-refractivity contribution in [2.45, 2.75) is 31.3 Å². The van der Waals surface area contributed by atoms with Gasteiger partial charge in [-0.1, -0.05) is 38.1 Å². The van der Waals surface area contributed by atoms with Gasteiger partial charge in [0.1, 0.15) is 0 Å². The fraction of sp³-hybridized carbons (Fsp3) is 0.440. The van der Waals surface area contributed by atoms with E-state index < -0.39 is 27.7 Å². The van der Waals surface area contributed by atoms with E-state index >= 15 is 0 Å². The van der Waals surface area contributed by atoms with Gasteiger partial charge in [-0.05, 0) is 35.7 Å². The molecule has 2 aliphatic heterocycles. The molecule has 2 atom stereocenters. The standard InChI is InChI=1S/C25H32N4O5S/c1-17(2)13-28-15-20(25(31)27-32)21(16-28)26-24(30)19-9-7-18(8-10-19)14-29-11-12-35(33,34)23-6-4-3-5-22(23)29/h3-10,17,20-21,32H,11-16H2,1-2H3,(H,26,30)(H,27,31)/t20-,21+/m0/s1. The molecule has 1 saturated heterocycles. The van der Waals surface area contributed by atoms with E-state index in [9.17, 15) is 18.0 Å². The van der Waals surface area contributed by atoms with E-state index in [4.69, 9.17) is 5.21 Å². The van der Waals surface area contributed by atoms with Crippen LogP contribution in [0, 0.1) is 11.8 Å². The number of hydroxylamine groups is 1. The molecule has 0 aromatic heterocycles. The first-order chi connectivity index (χ1) is 16.7. The molecule has 10 heteroatoms. The van der Waals surface area contributed by atoms with Crippen molar-refractivity contribution in [3.63, 3.8) is 0 Å². The Labute approximate surface area is 206 Å². The summed E-state index contributed by atoms with van der Waals surface area (Å²) in [5.41, 5.74) is 3.85. The Hall–Kier alpha value is -2.95. The number of amides is 2. The molecule has 0 aliphatic carbocycles. The maximum absolute atomic E-state index is 12.9. The van der Waals surface area contributed by atoms with Crippen LogP contribution in [0.5, 0.6) is 0 Å². The van der Waals surface area contributed by atoms with Crippen LogP contribution < -0.4 is 15.7 Å². The molecule has 2 aromatic rings. The predicted octanol–water partition coefficient (Wildman–Crippen LogP) is 1.67. The van der Waals surface area contributed by atoms with E-state index in [0.29, 0.717) is 48.2 Å². The van der Waals surface area contributed by atoms with E-state index in [1.807, 2.05) is 29.2 Å². The van der Waals surface area contributed by atoms with Crippen molar-refractivity contribution in [3.05, 3.63) is 59.7 Å². The summed E-state index contributed by atoms with van der Waals surface area (Å²) in [6.45, 7) is 6.94. The number of benzene rings is 2. The van der Waals surface area contributed by atoms with Gasteiger partial charge in [0.05, 0.1) is 28.3 Å². The van der Waals surface area contributed by atoms with Crippen molar-refractivity contribution < 1.29 is 23.2 Å². The first kappa shape index (κ1) is 25.2. The second-order valence-electron chi connectivity index (χ2n) is 9.68. The number of carbonyl (C=O) groups excluding carboxylic acids is 2. The van der Waals surface area contributed by atoms with E-state index in [1.165, 1.54) is 0 Å². The van der Waals surface area contributed by atoms with Gasteiger partial charge in [-0.3, -0.25) is 14.8 Å². The van der Waals surface area contributed by atoms with Gasteiger partial charge in [0, 0.05) is 38.3 Å². The molecule has 2 aliphatic rings. The topological polar surface area (TPSA) is 119 Å². The minimum Gasteiger partial charge on any atom is -0.365 e. The highest BCUT2D eigenvalue weighted by molar-refractivity contribution is 7.91. The molecule has 1 fully saturated rings. The van der Waals surface area contributed by atoms with Gasteiger partial charge in [-0.15, -0.1) is 0 Å². The summed E-state index contributed by atoms with van der Waals surface area (Å²) in [5.74, 6) is -0.819. The third kappa shape index (κ3) is 5.66. The molecule has 0 spiro atoms. The lowest BCUT2D eigenvalue weighted by molar-refractivity contribution is -0.133. The number of likely N-dealkylation sites (tertiary alicyclic amines) is 1. The molecule has 2 amide bonds. The average molecular weight is 501 g/mol. The van der Waals surface area contributed by atoms with Gasteiger partial charge >= 0.3 is 0 Å². The van der Waals surface area contributed by atoms with Gasteiger partial charge in [0.15, 0.2) is 9.84 Å². The largest absolute Gasteiger partial charge is 0.365 e. The molecule has 2 heterocycles. The number of nitrogens with zero attached hydrogens (tertiary/aromatic N) is 2. The summed E-state index contributed by atoms with van der Waals surface area (Å²) in [4.78, 5) is 29.6. The van der Waals surface area contributed by atoms with Crippen LogP contribution >= 0.6 is 0 Å². The number of nitrogens with one attached hydrogen (secondary N) is 2. The number of carbonyl (C=O) groups is 2. The molecule has 35 heavy (non-hydrogen) atoms. The van der Waals surface area contributed by atoms with Crippen molar-refractivity contribution in [1.82, 2.24) is 15.7 Å². The molecule has 0 saturated carbocycles. The van der Waals surface area contributed by atoms with Gasteiger partial charge in [-0.2, -0.15) is 0 Å². The molecule has 9 nitrogen and oxygen atoms in total. The van der Waals surface area contributed by atoms with Crippen LogP contribution in [0.25, 0.3) is 0 Å². The van der Waals surface area contributed by atoms with Gasteiger partial charge in [0.25, 0.3) is 5.91 Å². The molecule has 0 bridgehead atoms. The van der Waals surface area contributed by atoms with E-state index in [2.05, 4.69) is 24.1 Å². The number of sulfone groups is 1. The SMILES string of the molecule is CC(C)CN1C[C@H](C(=O)NO)[C@H](NC(=O)c2ccc(CN3CCS(=O)(=O)c4ccccc43)cc2)C1. The van der Waals surface area contributed by atoms with E-state index in [-0.39, 0.29) is 11.7 Å². The van der Waals surface area contributed by atoms with Crippen molar-refractivity contribution in [2.24, 2.45) is 11.8 Å². The molecular formula is C25H32N4O5S. The molecular weight excluding hydrogens is 468 g/mol. The summed E-state index contributed by atoms with van der Waals surface area (Å²) in [7, 11) is -3.26. The van der Waals surface area contributed by atoms with Crippen LogP contribution in [-0.4, -0.2) is 68.3 Å². The number of fused-ring (bicyclic) bond motifs is 1. The van der Waals surface area contributed by atoms with Crippen LogP contribution in [0.2, 0.25) is 0 Å². The Kier molecular flexibility index (Phi) is 7.44. The van der Waals surface area contributed by atoms with E-state index in [0.717, 1.165) is 12.1 Å². The average Bonchev–Trinajstić information content (AvgIpc) is 3.22. The first-order valence-electron chi connectivity index (χ1n) is 11.8. The number of hydrogen-bond acceptors (Lipinski definition) is 7. The fourth-order valence-corrected chi connectivity index (χ4v) is 6.37. The predicted molar refractivity (Wildman–Crippen MR) is 132 cm³/mol. The van der Waals surface area contributed by atoms with Crippen LogP contribution in [0.4, 0.5) is 5.69 Å². The Balaban J connectivity index is 1.42. The number of rotatable bonds is 7. The Morgan fingerprint density at radius 2 is 1.80 bits per heavy atom. The van der Waals surface area contributed by atoms with Crippen molar-refractivity contribution in [3.8, 4) is 0 Å². The summed E-state index contributed by atoms with van der Waals surface area (Å²) >= 11 is 0. The first-order valence-corrected chi connectivity index (χ1v) is 13.5. The van der Waals surface area contributed by atoms with Crippen molar-refractivity contribution >= 4 is 27.3 Å². The summed E-state index contributed by atoms with van der Waals surface area (Å²) in [6, 6.07) is 13.8. The second-order valence-corrected chi connectivity index (χ2v) is 11.8. The highest BCUT2D eigenvalue weighted by Crippen LogP contribution is 2.31. The lowest BCUT2D eigenvalue weighted by Crippen LogP contribution is -2.45. The van der Waals surface area contributed by atoms with Crippen LogP contribution in [-0.2, 0) is 21.2 Å². The highest BCUT2D eigenvalue weighted by atomic mass is 32.2. The zero-order valence-corrected chi connectivity index (χ0v) is 20.8. The van der Waals surface area contributed by atoms with Crippen molar-refractivity contribution in [1.29, 1.82) is 0 Å². The summed E-state index contributed by atoms with van der Waals surface area (Å²) < 4.78 is 24.8. The van der Waals surface area contributed by atoms with Crippen LogP contribution in [0.3, 0.4) is 0 Å². The van der Waals surface area contributed by atoms with Crippen LogP contribution in [0.1, 0.15) is 29.8 Å². The smallest absolute Gasteiger partial charge is 0.251 e. The minimum atomic E-state index is -3.26. The normalized spacial score (nSPS) is 21.5. The summed E-state index contributed by atoms with van der Waals surface area (Å²) in [5, 5.41) is 12.1. The molecule has 0 radical (unpaired) electrons.